The molecule has 7 nitrogen and oxygen atoms in total. The summed E-state index contributed by atoms with van der Waals surface area (Å²) in [6.07, 6.45) is 2.90. The van der Waals surface area contributed by atoms with E-state index in [-0.39, 0.29) is 16.6 Å². The molecule has 2 heterocycles. The van der Waals surface area contributed by atoms with Crippen molar-refractivity contribution in [2.75, 3.05) is 5.73 Å². The second-order valence-corrected chi connectivity index (χ2v) is 4.12. The second kappa shape index (κ2) is 4.54. The fourth-order valence-corrected chi connectivity index (χ4v) is 1.99. The van der Waals surface area contributed by atoms with Crippen molar-refractivity contribution >= 4 is 22.5 Å². The Kier molecular flexibility index (Phi) is 2.72. The van der Waals surface area contributed by atoms with Gasteiger partial charge >= 0.3 is 0 Å². The number of aromatic nitrogens is 3. The summed E-state index contributed by atoms with van der Waals surface area (Å²) < 4.78 is 1.70. The summed E-state index contributed by atoms with van der Waals surface area (Å²) in [7, 11) is 0. The third kappa shape index (κ3) is 1.81. The monoisotopic (exact) mass is 267 g/mol. The first-order valence-corrected chi connectivity index (χ1v) is 5.76. The van der Waals surface area contributed by atoms with Crippen LogP contribution in [-0.2, 0) is 0 Å². The Labute approximate surface area is 112 Å². The smallest absolute Gasteiger partial charge is 0.194 e. The normalized spacial score (nSPS) is 10.6. The number of nitrogens with zero attached hydrogens (tertiary/aromatic N) is 4. The molecule has 2 N–H and O–H groups in total. The number of hydrogen-bond donors (Lipinski definition) is 1. The molecule has 0 bridgehead atoms. The van der Waals surface area contributed by atoms with Crippen molar-refractivity contribution in [3.63, 3.8) is 0 Å². The zero-order valence-electron chi connectivity index (χ0n) is 10.2. The second-order valence-electron chi connectivity index (χ2n) is 4.12. The van der Waals surface area contributed by atoms with Crippen LogP contribution in [0, 0.1) is 4.91 Å². The van der Waals surface area contributed by atoms with Gasteiger partial charge in [-0.05, 0) is 29.4 Å². The minimum absolute atomic E-state index is 0.139. The van der Waals surface area contributed by atoms with E-state index in [9.17, 15) is 9.70 Å². The Balaban J connectivity index is 2.31. The standard InChI is InChI=1S/C13H9N5O2/c14-12-11-10(19)5-6-18(13(11)16-7-15-12)9-3-1-8(17-20)2-4-9/h1-7H,(H2,14,15,16). The van der Waals surface area contributed by atoms with E-state index in [1.165, 1.54) is 12.4 Å². The highest BCUT2D eigenvalue weighted by Crippen LogP contribution is 2.19. The van der Waals surface area contributed by atoms with Gasteiger partial charge in [0.25, 0.3) is 0 Å². The van der Waals surface area contributed by atoms with Crippen LogP contribution in [0.1, 0.15) is 0 Å². The molecule has 0 aliphatic rings. The lowest BCUT2D eigenvalue weighted by molar-refractivity contribution is 1.05. The van der Waals surface area contributed by atoms with Gasteiger partial charge in [-0.2, -0.15) is 0 Å². The summed E-state index contributed by atoms with van der Waals surface area (Å²) >= 11 is 0. The van der Waals surface area contributed by atoms with Crippen LogP contribution in [0.4, 0.5) is 11.5 Å². The minimum Gasteiger partial charge on any atom is -0.383 e. The number of benzene rings is 1. The number of nitrogens with two attached hydrogens (primary N) is 1. The zero-order chi connectivity index (χ0) is 14.1. The molecule has 0 aliphatic carbocycles. The van der Waals surface area contributed by atoms with E-state index in [2.05, 4.69) is 15.1 Å². The first kappa shape index (κ1) is 12.0. The average Bonchev–Trinajstić information content (AvgIpc) is 2.48. The summed E-state index contributed by atoms with van der Waals surface area (Å²) in [6.45, 7) is 0. The molecule has 0 atom stereocenters. The van der Waals surface area contributed by atoms with Crippen molar-refractivity contribution in [3.8, 4) is 5.69 Å². The Morgan fingerprint density at radius 2 is 1.85 bits per heavy atom. The van der Waals surface area contributed by atoms with Gasteiger partial charge in [-0.1, -0.05) is 0 Å². The van der Waals surface area contributed by atoms with E-state index < -0.39 is 0 Å². The van der Waals surface area contributed by atoms with Crippen LogP contribution in [-0.4, -0.2) is 14.5 Å². The van der Waals surface area contributed by atoms with Crippen molar-refractivity contribution in [2.24, 2.45) is 5.18 Å². The third-order valence-electron chi connectivity index (χ3n) is 2.94. The fraction of sp³-hybridized carbons (Fsp3) is 0. The molecule has 0 amide bonds. The van der Waals surface area contributed by atoms with Gasteiger partial charge in [0, 0.05) is 18.0 Å². The van der Waals surface area contributed by atoms with Gasteiger partial charge in [-0.25, -0.2) is 9.97 Å². The molecule has 3 aromatic rings. The highest BCUT2D eigenvalue weighted by atomic mass is 16.3. The van der Waals surface area contributed by atoms with Crippen molar-refractivity contribution in [2.45, 2.75) is 0 Å². The van der Waals surface area contributed by atoms with Crippen LogP contribution in [0.5, 0.6) is 0 Å². The molecule has 0 aliphatic heterocycles. The average molecular weight is 267 g/mol. The van der Waals surface area contributed by atoms with Gasteiger partial charge in [-0.3, -0.25) is 4.79 Å². The Hall–Kier alpha value is -3.09. The highest BCUT2D eigenvalue weighted by Gasteiger charge is 2.09. The van der Waals surface area contributed by atoms with Gasteiger partial charge in [0.15, 0.2) is 11.1 Å². The molecule has 20 heavy (non-hydrogen) atoms. The lowest BCUT2D eigenvalue weighted by atomic mass is 10.2. The maximum absolute atomic E-state index is 11.9. The summed E-state index contributed by atoms with van der Waals surface area (Å²) in [4.78, 5) is 30.2. The van der Waals surface area contributed by atoms with Crippen LogP contribution in [0.3, 0.4) is 0 Å². The number of rotatable bonds is 2. The molecule has 0 saturated carbocycles. The molecule has 3 rings (SSSR count). The molecule has 0 spiro atoms. The first-order chi connectivity index (χ1) is 9.70. The number of nitrogen functional groups attached to an aromatic ring is 1. The van der Waals surface area contributed by atoms with Crippen LogP contribution in [0.15, 0.2) is 52.8 Å². The van der Waals surface area contributed by atoms with Crippen LogP contribution in [0.2, 0.25) is 0 Å². The molecule has 1 aromatic carbocycles. The summed E-state index contributed by atoms with van der Waals surface area (Å²) in [5, 5.41) is 3.11. The van der Waals surface area contributed by atoms with Crippen molar-refractivity contribution in [3.05, 3.63) is 58.0 Å². The third-order valence-corrected chi connectivity index (χ3v) is 2.94. The molecule has 0 unspecified atom stereocenters. The predicted molar refractivity (Wildman–Crippen MR) is 75.0 cm³/mol. The molecular weight excluding hydrogens is 258 g/mol. The lowest BCUT2D eigenvalue weighted by Crippen LogP contribution is -2.11. The summed E-state index contributed by atoms with van der Waals surface area (Å²) in [5.74, 6) is 0.139. The number of fused-ring (bicyclic) bond motifs is 1. The van der Waals surface area contributed by atoms with E-state index >= 15 is 0 Å². The molecule has 7 heteroatoms. The van der Waals surface area contributed by atoms with E-state index in [0.29, 0.717) is 11.3 Å². The Morgan fingerprint density at radius 1 is 1.10 bits per heavy atom. The Bertz CT molecular complexity index is 855. The van der Waals surface area contributed by atoms with E-state index in [1.54, 1.807) is 35.0 Å². The van der Waals surface area contributed by atoms with Gasteiger partial charge in [0.2, 0.25) is 0 Å². The Morgan fingerprint density at radius 3 is 2.55 bits per heavy atom. The first-order valence-electron chi connectivity index (χ1n) is 5.76. The summed E-state index contributed by atoms with van der Waals surface area (Å²) in [5.41, 5.74) is 6.97. The molecule has 98 valence electrons. The molecule has 2 aromatic heterocycles. The minimum atomic E-state index is -0.236. The van der Waals surface area contributed by atoms with Gasteiger partial charge < -0.3 is 10.3 Å². The summed E-state index contributed by atoms with van der Waals surface area (Å²) in [6, 6.07) is 7.97. The van der Waals surface area contributed by atoms with Crippen molar-refractivity contribution < 1.29 is 0 Å². The van der Waals surface area contributed by atoms with Gasteiger partial charge in [-0.15, -0.1) is 4.91 Å². The van der Waals surface area contributed by atoms with E-state index in [4.69, 9.17) is 5.73 Å². The SMILES string of the molecule is Nc1ncnc2c1c(=O)ccn2-c1ccc(N=O)cc1. The maximum atomic E-state index is 11.9. The molecule has 0 fully saturated rings. The largest absolute Gasteiger partial charge is 0.383 e. The van der Waals surface area contributed by atoms with Crippen LogP contribution >= 0.6 is 0 Å². The molecule has 0 radical (unpaired) electrons. The number of hydrogen-bond acceptors (Lipinski definition) is 6. The number of anilines is 1. The fourth-order valence-electron chi connectivity index (χ4n) is 1.99. The quantitative estimate of drug-likeness (QED) is 0.712. The zero-order valence-corrected chi connectivity index (χ0v) is 10.2. The number of nitroso groups, excluding NO2 is 1. The predicted octanol–water partition coefficient (Wildman–Crippen LogP) is 1.76. The molecular formula is C13H9N5O2. The number of pyridine rings is 1. The highest BCUT2D eigenvalue weighted by molar-refractivity contribution is 5.85. The molecule has 0 saturated heterocycles. The topological polar surface area (TPSA) is 103 Å². The van der Waals surface area contributed by atoms with Crippen LogP contribution in [0.25, 0.3) is 16.7 Å². The maximum Gasteiger partial charge on any atom is 0.194 e. The van der Waals surface area contributed by atoms with Crippen LogP contribution < -0.4 is 11.2 Å². The van der Waals surface area contributed by atoms with Crippen molar-refractivity contribution in [1.82, 2.24) is 14.5 Å². The van der Waals surface area contributed by atoms with E-state index in [0.717, 1.165) is 5.69 Å². The van der Waals surface area contributed by atoms with Gasteiger partial charge in [0.1, 0.15) is 23.2 Å². The van der Waals surface area contributed by atoms with Crippen molar-refractivity contribution in [1.29, 1.82) is 0 Å². The lowest BCUT2D eigenvalue weighted by Gasteiger charge is -2.10. The van der Waals surface area contributed by atoms with E-state index in [1.807, 2.05) is 0 Å². The van der Waals surface area contributed by atoms with Gasteiger partial charge in [0.05, 0.1) is 0 Å².